The summed E-state index contributed by atoms with van der Waals surface area (Å²) in [6.07, 6.45) is 0.314. The van der Waals surface area contributed by atoms with Gasteiger partial charge in [-0.2, -0.15) is 0 Å². The van der Waals surface area contributed by atoms with E-state index in [1.807, 2.05) is 13.8 Å². The van der Waals surface area contributed by atoms with E-state index in [0.717, 1.165) is 18.2 Å². The zero-order valence-electron chi connectivity index (χ0n) is 17.9. The summed E-state index contributed by atoms with van der Waals surface area (Å²) in [6.45, 7) is 7.02. The molecule has 0 radical (unpaired) electrons. The minimum Gasteiger partial charge on any atom is -0.467 e. The number of amides is 2. The Morgan fingerprint density at radius 3 is 1.87 bits per heavy atom. The molecule has 31 heavy (non-hydrogen) atoms. The maximum atomic E-state index is 12.8. The number of nitro benzene ring substituents is 2. The summed E-state index contributed by atoms with van der Waals surface area (Å²) in [5.74, 6) is -2.54. The average Bonchev–Trinajstić information content (AvgIpc) is 2.69. The lowest BCUT2D eigenvalue weighted by Crippen LogP contribution is -2.54. The first-order chi connectivity index (χ1) is 14.4. The van der Waals surface area contributed by atoms with Gasteiger partial charge in [-0.3, -0.25) is 29.8 Å². The second kappa shape index (κ2) is 11.0. The number of carbonyl (C=O) groups is 3. The summed E-state index contributed by atoms with van der Waals surface area (Å²) in [4.78, 5) is 57.7. The molecular formula is C19H26N4O8. The molecule has 0 aliphatic carbocycles. The fraction of sp³-hybridized carbons (Fsp3) is 0.526. The van der Waals surface area contributed by atoms with Gasteiger partial charge in [-0.25, -0.2) is 4.79 Å². The van der Waals surface area contributed by atoms with E-state index < -0.39 is 57.0 Å². The van der Waals surface area contributed by atoms with Gasteiger partial charge in [-0.15, -0.1) is 0 Å². The van der Waals surface area contributed by atoms with E-state index in [9.17, 15) is 34.6 Å². The van der Waals surface area contributed by atoms with Crippen molar-refractivity contribution in [2.45, 2.75) is 46.2 Å². The summed E-state index contributed by atoms with van der Waals surface area (Å²) in [5.41, 5.74) is -1.61. The number of hydrogen-bond donors (Lipinski definition) is 2. The normalized spacial score (nSPS) is 12.7. The number of nitro groups is 2. The number of nitrogens with one attached hydrogen (secondary N) is 2. The maximum absolute atomic E-state index is 12.8. The van der Waals surface area contributed by atoms with Gasteiger partial charge >= 0.3 is 5.97 Å². The summed E-state index contributed by atoms with van der Waals surface area (Å²) in [7, 11) is 1.19. The molecule has 2 N–H and O–H groups in total. The molecule has 2 atom stereocenters. The number of carbonyl (C=O) groups excluding carboxylic acids is 3. The number of methoxy groups -OCH3 is 1. The number of hydrogen-bond acceptors (Lipinski definition) is 8. The van der Waals surface area contributed by atoms with Gasteiger partial charge in [0.2, 0.25) is 5.91 Å². The Labute approximate surface area is 178 Å². The highest BCUT2D eigenvalue weighted by Gasteiger charge is 2.30. The molecule has 1 aromatic rings. The van der Waals surface area contributed by atoms with Crippen molar-refractivity contribution in [1.82, 2.24) is 10.6 Å². The van der Waals surface area contributed by atoms with Crippen LogP contribution >= 0.6 is 0 Å². The molecule has 0 unspecified atom stereocenters. The summed E-state index contributed by atoms with van der Waals surface area (Å²) < 4.78 is 4.71. The van der Waals surface area contributed by atoms with Crippen LogP contribution < -0.4 is 10.6 Å². The van der Waals surface area contributed by atoms with E-state index in [2.05, 4.69) is 10.6 Å². The van der Waals surface area contributed by atoms with Gasteiger partial charge in [0.25, 0.3) is 17.3 Å². The molecular weight excluding hydrogens is 412 g/mol. The predicted octanol–water partition coefficient (Wildman–Crippen LogP) is 1.96. The van der Waals surface area contributed by atoms with Gasteiger partial charge in [-0.1, -0.05) is 27.7 Å². The molecule has 0 fully saturated rings. The first kappa shape index (κ1) is 25.5. The van der Waals surface area contributed by atoms with Crippen LogP contribution in [0, 0.1) is 32.1 Å². The minimum atomic E-state index is -1.11. The van der Waals surface area contributed by atoms with Gasteiger partial charge < -0.3 is 15.4 Å². The molecule has 0 aromatic heterocycles. The lowest BCUT2D eigenvalue weighted by molar-refractivity contribution is -0.394. The lowest BCUT2D eigenvalue weighted by Gasteiger charge is -2.25. The SMILES string of the molecule is COC(=O)[C@H](CC(C)C)NC(=O)[C@@H](NC(=O)c1cc([N+](=O)[O-])cc([N+](=O)[O-])c1)C(C)C. The van der Waals surface area contributed by atoms with E-state index in [1.165, 1.54) is 7.11 Å². The Hall–Kier alpha value is -3.57. The summed E-state index contributed by atoms with van der Waals surface area (Å²) in [5, 5.41) is 27.1. The van der Waals surface area contributed by atoms with Crippen molar-refractivity contribution in [1.29, 1.82) is 0 Å². The van der Waals surface area contributed by atoms with Crippen molar-refractivity contribution in [3.8, 4) is 0 Å². The number of benzene rings is 1. The van der Waals surface area contributed by atoms with E-state index in [4.69, 9.17) is 4.74 Å². The van der Waals surface area contributed by atoms with Crippen molar-refractivity contribution in [3.63, 3.8) is 0 Å². The number of non-ortho nitro benzene ring substituents is 2. The summed E-state index contributed by atoms with van der Waals surface area (Å²) in [6, 6.07) is 0.470. The first-order valence-electron chi connectivity index (χ1n) is 9.50. The van der Waals surface area contributed by atoms with Crippen LogP contribution in [0.1, 0.15) is 44.5 Å². The van der Waals surface area contributed by atoms with Crippen LogP contribution in [0.3, 0.4) is 0 Å². The standard InChI is InChI=1S/C19H26N4O8/c1-10(2)6-15(19(26)31-5)20-18(25)16(11(3)4)21-17(24)12-7-13(22(27)28)9-14(8-12)23(29)30/h7-11,15-16H,6H2,1-5H3,(H,20,25)(H,21,24)/t15-,16-/m0/s1. The quantitative estimate of drug-likeness (QED) is 0.317. The smallest absolute Gasteiger partial charge is 0.328 e. The number of rotatable bonds is 10. The molecule has 0 saturated heterocycles. The third-order valence-electron chi connectivity index (χ3n) is 4.33. The Bertz CT molecular complexity index is 836. The summed E-state index contributed by atoms with van der Waals surface area (Å²) >= 11 is 0. The molecule has 1 rings (SSSR count). The Kier molecular flexibility index (Phi) is 9.03. The Morgan fingerprint density at radius 1 is 0.968 bits per heavy atom. The zero-order valence-corrected chi connectivity index (χ0v) is 17.9. The van der Waals surface area contributed by atoms with Gasteiger partial charge in [0.05, 0.1) is 28.6 Å². The lowest BCUT2D eigenvalue weighted by atomic mass is 10.00. The van der Waals surface area contributed by atoms with Crippen LogP contribution in [-0.4, -0.2) is 46.8 Å². The molecule has 1 aromatic carbocycles. The molecule has 0 spiro atoms. The van der Waals surface area contributed by atoms with Gasteiger partial charge in [-0.05, 0) is 18.3 Å². The molecule has 0 aliphatic rings. The van der Waals surface area contributed by atoms with Gasteiger partial charge in [0, 0.05) is 12.1 Å². The van der Waals surface area contributed by atoms with Crippen molar-refractivity contribution < 1.29 is 29.0 Å². The number of ether oxygens (including phenoxy) is 1. The molecule has 12 heteroatoms. The van der Waals surface area contributed by atoms with Gasteiger partial charge in [0.15, 0.2) is 0 Å². The van der Waals surface area contributed by atoms with Gasteiger partial charge in [0.1, 0.15) is 12.1 Å². The second-order valence-electron chi connectivity index (χ2n) is 7.66. The van der Waals surface area contributed by atoms with Crippen LogP contribution in [0.4, 0.5) is 11.4 Å². The van der Waals surface area contributed by atoms with E-state index in [-0.39, 0.29) is 11.5 Å². The molecule has 0 aliphatic heterocycles. The monoisotopic (exact) mass is 438 g/mol. The molecule has 12 nitrogen and oxygen atoms in total. The topological polar surface area (TPSA) is 171 Å². The molecule has 0 saturated carbocycles. The maximum Gasteiger partial charge on any atom is 0.328 e. The molecule has 2 amide bonds. The number of nitrogens with zero attached hydrogens (tertiary/aromatic N) is 2. The fourth-order valence-electron chi connectivity index (χ4n) is 2.79. The van der Waals surface area contributed by atoms with Crippen molar-refractivity contribution >= 4 is 29.2 Å². The Balaban J connectivity index is 3.14. The van der Waals surface area contributed by atoms with Crippen molar-refractivity contribution in [2.24, 2.45) is 11.8 Å². The van der Waals surface area contributed by atoms with E-state index >= 15 is 0 Å². The van der Waals surface area contributed by atoms with E-state index in [0.29, 0.717) is 6.42 Å². The highest BCUT2D eigenvalue weighted by atomic mass is 16.6. The molecule has 0 bridgehead atoms. The van der Waals surface area contributed by atoms with Crippen LogP contribution in [0.25, 0.3) is 0 Å². The predicted molar refractivity (Wildman–Crippen MR) is 109 cm³/mol. The zero-order chi connectivity index (χ0) is 23.9. The van der Waals surface area contributed by atoms with Crippen molar-refractivity contribution in [2.75, 3.05) is 7.11 Å². The highest BCUT2D eigenvalue weighted by molar-refractivity contribution is 5.99. The fourth-order valence-corrected chi connectivity index (χ4v) is 2.79. The third kappa shape index (κ3) is 7.32. The average molecular weight is 438 g/mol. The highest BCUT2D eigenvalue weighted by Crippen LogP contribution is 2.23. The minimum absolute atomic E-state index is 0.0712. The first-order valence-corrected chi connectivity index (χ1v) is 9.50. The Morgan fingerprint density at radius 2 is 1.48 bits per heavy atom. The van der Waals surface area contributed by atoms with Crippen LogP contribution in [-0.2, 0) is 14.3 Å². The van der Waals surface area contributed by atoms with Crippen LogP contribution in [0.2, 0.25) is 0 Å². The number of esters is 1. The largest absolute Gasteiger partial charge is 0.467 e. The van der Waals surface area contributed by atoms with E-state index in [1.54, 1.807) is 13.8 Å². The van der Waals surface area contributed by atoms with Crippen LogP contribution in [0.5, 0.6) is 0 Å². The molecule has 170 valence electrons. The van der Waals surface area contributed by atoms with Crippen LogP contribution in [0.15, 0.2) is 18.2 Å². The van der Waals surface area contributed by atoms with Crippen molar-refractivity contribution in [3.05, 3.63) is 44.0 Å². The second-order valence-corrected chi connectivity index (χ2v) is 7.66. The third-order valence-corrected chi connectivity index (χ3v) is 4.33. The molecule has 0 heterocycles.